The quantitative estimate of drug-likeness (QED) is 0.788. The lowest BCUT2D eigenvalue weighted by molar-refractivity contribution is 0.0942. The van der Waals surface area contributed by atoms with Gasteiger partial charge in [-0.25, -0.2) is 4.98 Å². The number of aromatic nitrogens is 2. The third kappa shape index (κ3) is 3.11. The highest BCUT2D eigenvalue weighted by Crippen LogP contribution is 2.14. The zero-order valence-corrected chi connectivity index (χ0v) is 12.6. The molecule has 102 valence electrons. The van der Waals surface area contributed by atoms with Gasteiger partial charge in [-0.1, -0.05) is 0 Å². The summed E-state index contributed by atoms with van der Waals surface area (Å²) in [5, 5.41) is 2.01. The largest absolute Gasteiger partial charge is 0.351 e. The number of aryl methyl sites for hydroxylation is 1. The number of nitrogens with zero attached hydrogens (tertiary/aromatic N) is 3. The number of carbonyl (C=O) groups excluding carboxylic acids is 1. The van der Waals surface area contributed by atoms with Crippen molar-refractivity contribution in [1.29, 1.82) is 0 Å². The zero-order chi connectivity index (χ0) is 14.0. The number of hydrogen-bond donors (Lipinski definition) is 0. The summed E-state index contributed by atoms with van der Waals surface area (Å²) in [5.41, 5.74) is 5.80. The molecule has 2 rings (SSSR count). The second-order valence-corrected chi connectivity index (χ2v) is 5.64. The first kappa shape index (κ1) is 14.0. The maximum absolute atomic E-state index is 12.3. The van der Waals surface area contributed by atoms with Crippen LogP contribution < -0.4 is 0 Å². The molecule has 4 nitrogen and oxygen atoms in total. The molecule has 0 saturated heterocycles. The van der Waals surface area contributed by atoms with Gasteiger partial charge in [-0.15, -0.1) is 11.3 Å². The summed E-state index contributed by atoms with van der Waals surface area (Å²) >= 11 is 1.58. The Labute approximate surface area is 117 Å². The van der Waals surface area contributed by atoms with E-state index in [1.54, 1.807) is 11.3 Å². The third-order valence-electron chi connectivity index (χ3n) is 3.40. The maximum atomic E-state index is 12.3. The Morgan fingerprint density at radius 1 is 1.47 bits per heavy atom. The number of likely N-dealkylation sites (N-methyl/N-ethyl adjacent to an activating group) is 1. The molecule has 0 saturated carbocycles. The summed E-state index contributed by atoms with van der Waals surface area (Å²) in [6.07, 6.45) is 0. The minimum Gasteiger partial charge on any atom is -0.351 e. The summed E-state index contributed by atoms with van der Waals surface area (Å²) in [6, 6.07) is 1.97. The van der Waals surface area contributed by atoms with Gasteiger partial charge in [0.1, 0.15) is 0 Å². The Kier molecular flexibility index (Phi) is 4.17. The van der Waals surface area contributed by atoms with Gasteiger partial charge in [-0.2, -0.15) is 0 Å². The molecular formula is C14H19N3OS. The summed E-state index contributed by atoms with van der Waals surface area (Å²) in [7, 11) is 3.93. The van der Waals surface area contributed by atoms with Gasteiger partial charge in [0.05, 0.1) is 17.7 Å². The Morgan fingerprint density at radius 3 is 2.74 bits per heavy atom. The molecule has 5 heteroatoms. The molecule has 2 aromatic heterocycles. The standard InChI is InChI=1S/C14H19N3OS/c1-10-5-13(11(2)17(10)4)14(18)7-16(3)6-12-8-19-9-15-12/h5,8-9H,6-7H2,1-4H3. The molecule has 19 heavy (non-hydrogen) atoms. The normalized spacial score (nSPS) is 11.2. The van der Waals surface area contributed by atoms with Gasteiger partial charge < -0.3 is 4.57 Å². The highest BCUT2D eigenvalue weighted by Gasteiger charge is 2.16. The molecule has 0 aliphatic rings. The smallest absolute Gasteiger partial charge is 0.178 e. The summed E-state index contributed by atoms with van der Waals surface area (Å²) in [5.74, 6) is 0.166. The molecule has 0 N–H and O–H groups in total. The fraction of sp³-hybridized carbons (Fsp3) is 0.429. The monoisotopic (exact) mass is 277 g/mol. The predicted molar refractivity (Wildman–Crippen MR) is 77.7 cm³/mol. The van der Waals surface area contributed by atoms with E-state index in [-0.39, 0.29) is 5.78 Å². The number of ketones is 1. The number of rotatable bonds is 5. The highest BCUT2D eigenvalue weighted by molar-refractivity contribution is 7.07. The van der Waals surface area contributed by atoms with Gasteiger partial charge in [-0.05, 0) is 27.0 Å². The predicted octanol–water partition coefficient (Wildman–Crippen LogP) is 2.41. The van der Waals surface area contributed by atoms with E-state index in [0.717, 1.165) is 22.6 Å². The van der Waals surface area contributed by atoms with Crippen molar-refractivity contribution in [3.05, 3.63) is 39.6 Å². The lowest BCUT2D eigenvalue weighted by Crippen LogP contribution is -2.26. The van der Waals surface area contributed by atoms with E-state index in [0.29, 0.717) is 13.1 Å². The van der Waals surface area contributed by atoms with Crippen LogP contribution in [0.2, 0.25) is 0 Å². The van der Waals surface area contributed by atoms with Gasteiger partial charge in [0.25, 0.3) is 0 Å². The molecule has 0 fully saturated rings. The Balaban J connectivity index is 2.02. The summed E-state index contributed by atoms with van der Waals surface area (Å²) in [4.78, 5) is 18.5. The molecule has 0 spiro atoms. The number of thiazole rings is 1. The molecule has 0 aliphatic carbocycles. The lowest BCUT2D eigenvalue weighted by atomic mass is 10.1. The topological polar surface area (TPSA) is 38.1 Å². The number of carbonyl (C=O) groups is 1. The van der Waals surface area contributed by atoms with Gasteiger partial charge in [0, 0.05) is 35.9 Å². The molecule has 0 unspecified atom stereocenters. The van der Waals surface area contributed by atoms with E-state index in [2.05, 4.69) is 4.98 Å². The van der Waals surface area contributed by atoms with Gasteiger partial charge in [0.2, 0.25) is 0 Å². The van der Waals surface area contributed by atoms with Crippen LogP contribution in [0.1, 0.15) is 27.4 Å². The fourth-order valence-electron chi connectivity index (χ4n) is 2.12. The van der Waals surface area contributed by atoms with Crippen LogP contribution in [-0.4, -0.2) is 33.8 Å². The minimum atomic E-state index is 0.166. The Morgan fingerprint density at radius 2 is 2.21 bits per heavy atom. The van der Waals surface area contributed by atoms with Gasteiger partial charge in [-0.3, -0.25) is 9.69 Å². The first-order valence-electron chi connectivity index (χ1n) is 6.20. The van der Waals surface area contributed by atoms with E-state index in [1.165, 1.54) is 0 Å². The van der Waals surface area contributed by atoms with Crippen molar-refractivity contribution in [1.82, 2.24) is 14.5 Å². The van der Waals surface area contributed by atoms with Crippen molar-refractivity contribution in [2.75, 3.05) is 13.6 Å². The SMILES string of the molecule is Cc1cc(C(=O)CN(C)Cc2cscn2)c(C)n1C. The molecule has 2 aromatic rings. The van der Waals surface area contributed by atoms with Crippen LogP contribution >= 0.6 is 11.3 Å². The van der Waals surface area contributed by atoms with Crippen molar-refractivity contribution in [3.63, 3.8) is 0 Å². The fourth-order valence-corrected chi connectivity index (χ4v) is 2.67. The first-order chi connectivity index (χ1) is 8.99. The van der Waals surface area contributed by atoms with E-state index < -0.39 is 0 Å². The van der Waals surface area contributed by atoms with E-state index in [9.17, 15) is 4.79 Å². The lowest BCUT2D eigenvalue weighted by Gasteiger charge is -2.14. The molecule has 0 atom stereocenters. The van der Waals surface area contributed by atoms with Crippen LogP contribution in [0.25, 0.3) is 0 Å². The maximum Gasteiger partial charge on any atom is 0.178 e. The molecule has 0 radical (unpaired) electrons. The summed E-state index contributed by atoms with van der Waals surface area (Å²) in [6.45, 7) is 5.13. The van der Waals surface area contributed by atoms with E-state index in [1.807, 2.05) is 54.4 Å². The second kappa shape index (κ2) is 5.67. The van der Waals surface area contributed by atoms with Crippen molar-refractivity contribution in [2.45, 2.75) is 20.4 Å². The molecule has 0 bridgehead atoms. The third-order valence-corrected chi connectivity index (χ3v) is 4.04. The Hall–Kier alpha value is -1.46. The van der Waals surface area contributed by atoms with Crippen LogP contribution in [0.15, 0.2) is 17.0 Å². The zero-order valence-electron chi connectivity index (χ0n) is 11.8. The second-order valence-electron chi connectivity index (χ2n) is 4.92. The molecular weight excluding hydrogens is 258 g/mol. The minimum absolute atomic E-state index is 0.166. The average Bonchev–Trinajstić information content (AvgIpc) is 2.93. The van der Waals surface area contributed by atoms with Crippen molar-refractivity contribution in [3.8, 4) is 0 Å². The average molecular weight is 277 g/mol. The van der Waals surface area contributed by atoms with Crippen LogP contribution in [0.5, 0.6) is 0 Å². The van der Waals surface area contributed by atoms with Crippen LogP contribution in [0, 0.1) is 13.8 Å². The molecule has 0 aromatic carbocycles. The highest BCUT2D eigenvalue weighted by atomic mass is 32.1. The van der Waals surface area contributed by atoms with E-state index >= 15 is 0 Å². The van der Waals surface area contributed by atoms with Crippen molar-refractivity contribution in [2.24, 2.45) is 7.05 Å². The molecule has 0 amide bonds. The van der Waals surface area contributed by atoms with Crippen LogP contribution in [-0.2, 0) is 13.6 Å². The summed E-state index contributed by atoms with van der Waals surface area (Å²) < 4.78 is 2.05. The van der Waals surface area contributed by atoms with Gasteiger partial charge >= 0.3 is 0 Å². The Bertz CT molecular complexity index is 572. The molecule has 0 aliphatic heterocycles. The molecule has 2 heterocycles. The van der Waals surface area contributed by atoms with Gasteiger partial charge in [0.15, 0.2) is 5.78 Å². The van der Waals surface area contributed by atoms with Crippen LogP contribution in [0.4, 0.5) is 0 Å². The number of Topliss-reactive ketones (excluding diaryl/α,β-unsaturated/α-hetero) is 1. The van der Waals surface area contributed by atoms with Crippen molar-refractivity contribution >= 4 is 17.1 Å². The number of hydrogen-bond acceptors (Lipinski definition) is 4. The first-order valence-corrected chi connectivity index (χ1v) is 7.15. The van der Waals surface area contributed by atoms with Crippen molar-refractivity contribution < 1.29 is 4.79 Å². The van der Waals surface area contributed by atoms with Crippen LogP contribution in [0.3, 0.4) is 0 Å². The van der Waals surface area contributed by atoms with E-state index in [4.69, 9.17) is 0 Å².